The van der Waals surface area contributed by atoms with E-state index in [2.05, 4.69) is 5.10 Å². The Hall–Kier alpha value is -1.66. The third-order valence-corrected chi connectivity index (χ3v) is 4.78. The quantitative estimate of drug-likeness (QED) is 0.849. The van der Waals surface area contributed by atoms with Crippen molar-refractivity contribution in [2.75, 3.05) is 19.8 Å². The summed E-state index contributed by atoms with van der Waals surface area (Å²) in [7, 11) is 1.92. The lowest BCUT2D eigenvalue weighted by atomic mass is 9.97. The fraction of sp³-hybridized carbons (Fsp3) is 0.500. The molecule has 118 valence electrons. The largest absolute Gasteiger partial charge is 0.381 e. The van der Waals surface area contributed by atoms with Gasteiger partial charge in [0.15, 0.2) is 0 Å². The highest BCUT2D eigenvalue weighted by Crippen LogP contribution is 2.28. The monoisotopic (exact) mass is 319 g/mol. The van der Waals surface area contributed by atoms with E-state index in [1.807, 2.05) is 47.3 Å². The maximum absolute atomic E-state index is 12.6. The Kier molecular flexibility index (Phi) is 4.59. The van der Waals surface area contributed by atoms with Gasteiger partial charge in [0.05, 0.1) is 18.7 Å². The van der Waals surface area contributed by atoms with E-state index in [9.17, 15) is 4.79 Å². The molecular weight excluding hydrogens is 298 g/mol. The van der Waals surface area contributed by atoms with Crippen LogP contribution in [-0.2, 0) is 29.5 Å². The topological polar surface area (TPSA) is 47.4 Å². The van der Waals surface area contributed by atoms with Crippen LogP contribution in [0.5, 0.6) is 0 Å². The zero-order valence-corrected chi connectivity index (χ0v) is 13.8. The first-order valence-corrected chi connectivity index (χ1v) is 8.45. The Morgan fingerprint density at radius 3 is 3.14 bits per heavy atom. The van der Waals surface area contributed by atoms with E-state index in [-0.39, 0.29) is 11.8 Å². The minimum atomic E-state index is 0.164. The van der Waals surface area contributed by atoms with Gasteiger partial charge in [0.25, 0.3) is 0 Å². The second-order valence-electron chi connectivity index (χ2n) is 5.60. The molecule has 1 aliphatic heterocycles. The number of carbonyl (C=O) groups is 1. The zero-order valence-electron chi connectivity index (χ0n) is 13.0. The van der Waals surface area contributed by atoms with Gasteiger partial charge in [0, 0.05) is 49.3 Å². The molecule has 0 fully saturated rings. The molecular formula is C16H21N3O2S. The van der Waals surface area contributed by atoms with Crippen molar-refractivity contribution in [3.63, 3.8) is 0 Å². The number of hydrogen-bond donors (Lipinski definition) is 0. The van der Waals surface area contributed by atoms with Crippen molar-refractivity contribution in [3.8, 4) is 0 Å². The van der Waals surface area contributed by atoms with Gasteiger partial charge in [-0.15, -0.1) is 11.3 Å². The summed E-state index contributed by atoms with van der Waals surface area (Å²) >= 11 is 1.63. The Balaban J connectivity index is 1.75. The Bertz CT molecular complexity index is 636. The standard InChI is InChI=1S/C16H21N3O2S/c1-3-21-11-13-10-19(9-12-8-18(2)17-16(12)13)15(20)7-14-5-4-6-22-14/h4-6,8,13H,3,7,9-11H2,1-2H3. The minimum absolute atomic E-state index is 0.164. The third-order valence-electron chi connectivity index (χ3n) is 3.91. The zero-order chi connectivity index (χ0) is 15.5. The summed E-state index contributed by atoms with van der Waals surface area (Å²) < 4.78 is 7.42. The van der Waals surface area contributed by atoms with Crippen molar-refractivity contribution in [1.82, 2.24) is 14.7 Å². The average molecular weight is 319 g/mol. The molecule has 22 heavy (non-hydrogen) atoms. The van der Waals surface area contributed by atoms with E-state index in [0.29, 0.717) is 32.7 Å². The lowest BCUT2D eigenvalue weighted by Gasteiger charge is -2.31. The Morgan fingerprint density at radius 2 is 2.41 bits per heavy atom. The molecule has 0 aliphatic carbocycles. The molecule has 1 unspecified atom stereocenters. The summed E-state index contributed by atoms with van der Waals surface area (Å²) in [6, 6.07) is 4.00. The van der Waals surface area contributed by atoms with E-state index < -0.39 is 0 Å². The molecule has 0 bridgehead atoms. The summed E-state index contributed by atoms with van der Waals surface area (Å²) in [5.41, 5.74) is 2.22. The van der Waals surface area contributed by atoms with Crippen LogP contribution in [0, 0.1) is 0 Å². The van der Waals surface area contributed by atoms with Crippen LogP contribution in [0.1, 0.15) is 29.0 Å². The predicted octanol–water partition coefficient (Wildman–Crippen LogP) is 2.19. The molecule has 1 amide bonds. The van der Waals surface area contributed by atoms with Crippen molar-refractivity contribution < 1.29 is 9.53 Å². The van der Waals surface area contributed by atoms with Gasteiger partial charge in [0.1, 0.15) is 0 Å². The van der Waals surface area contributed by atoms with Crippen molar-refractivity contribution in [2.24, 2.45) is 7.05 Å². The number of thiophene rings is 1. The molecule has 2 aromatic heterocycles. The molecule has 0 aromatic carbocycles. The second-order valence-corrected chi connectivity index (χ2v) is 6.63. The number of fused-ring (bicyclic) bond motifs is 1. The number of aryl methyl sites for hydroxylation is 1. The molecule has 1 aliphatic rings. The highest BCUT2D eigenvalue weighted by molar-refractivity contribution is 7.10. The summed E-state index contributed by atoms with van der Waals surface area (Å²) in [6.07, 6.45) is 2.49. The van der Waals surface area contributed by atoms with Crippen LogP contribution in [0.3, 0.4) is 0 Å². The maximum atomic E-state index is 12.6. The van der Waals surface area contributed by atoms with Crippen molar-refractivity contribution >= 4 is 17.2 Å². The molecule has 0 spiro atoms. The molecule has 0 N–H and O–H groups in total. The highest BCUT2D eigenvalue weighted by Gasteiger charge is 2.30. The van der Waals surface area contributed by atoms with Crippen LogP contribution in [0.25, 0.3) is 0 Å². The smallest absolute Gasteiger partial charge is 0.228 e. The molecule has 2 aromatic rings. The van der Waals surface area contributed by atoms with Gasteiger partial charge in [-0.1, -0.05) is 6.07 Å². The average Bonchev–Trinajstić information content (AvgIpc) is 3.12. The molecule has 3 rings (SSSR count). The van der Waals surface area contributed by atoms with E-state index in [1.165, 1.54) is 0 Å². The molecule has 0 radical (unpaired) electrons. The number of rotatable bonds is 5. The van der Waals surface area contributed by atoms with E-state index in [1.54, 1.807) is 11.3 Å². The van der Waals surface area contributed by atoms with Gasteiger partial charge in [-0.3, -0.25) is 9.48 Å². The summed E-state index contributed by atoms with van der Waals surface area (Å²) in [5, 5.41) is 6.57. The third kappa shape index (κ3) is 3.23. The maximum Gasteiger partial charge on any atom is 0.228 e. The SMILES string of the molecule is CCOCC1CN(C(=O)Cc2cccs2)Cc2cn(C)nc21. The van der Waals surface area contributed by atoms with Crippen LogP contribution in [0.15, 0.2) is 23.7 Å². The predicted molar refractivity (Wildman–Crippen MR) is 85.9 cm³/mol. The first kappa shape index (κ1) is 15.2. The van der Waals surface area contributed by atoms with E-state index in [4.69, 9.17) is 4.74 Å². The Labute approximate surface area is 134 Å². The second kappa shape index (κ2) is 6.62. The van der Waals surface area contributed by atoms with Gasteiger partial charge in [0.2, 0.25) is 5.91 Å². The van der Waals surface area contributed by atoms with Gasteiger partial charge in [-0.05, 0) is 18.4 Å². The van der Waals surface area contributed by atoms with Crippen molar-refractivity contribution in [2.45, 2.75) is 25.8 Å². The van der Waals surface area contributed by atoms with Crippen LogP contribution in [-0.4, -0.2) is 40.3 Å². The van der Waals surface area contributed by atoms with Gasteiger partial charge in [-0.25, -0.2) is 0 Å². The van der Waals surface area contributed by atoms with E-state index >= 15 is 0 Å². The number of hydrogen-bond acceptors (Lipinski definition) is 4. The van der Waals surface area contributed by atoms with Gasteiger partial charge >= 0.3 is 0 Å². The fourth-order valence-corrected chi connectivity index (χ4v) is 3.59. The number of aromatic nitrogens is 2. The molecule has 0 saturated carbocycles. The van der Waals surface area contributed by atoms with Crippen LogP contribution >= 0.6 is 11.3 Å². The van der Waals surface area contributed by atoms with Crippen molar-refractivity contribution in [1.29, 1.82) is 0 Å². The fourth-order valence-electron chi connectivity index (χ4n) is 2.90. The number of carbonyl (C=O) groups excluding carboxylic acids is 1. The summed E-state index contributed by atoms with van der Waals surface area (Å²) in [4.78, 5) is 15.6. The number of nitrogens with zero attached hydrogens (tertiary/aromatic N) is 3. The first-order valence-electron chi connectivity index (χ1n) is 7.57. The molecule has 5 nitrogen and oxygen atoms in total. The summed E-state index contributed by atoms with van der Waals surface area (Å²) in [5.74, 6) is 0.343. The Morgan fingerprint density at radius 1 is 1.55 bits per heavy atom. The van der Waals surface area contributed by atoms with E-state index in [0.717, 1.165) is 16.1 Å². The first-order chi connectivity index (χ1) is 10.7. The number of amides is 1. The van der Waals surface area contributed by atoms with Gasteiger partial charge < -0.3 is 9.64 Å². The van der Waals surface area contributed by atoms with Crippen molar-refractivity contribution in [3.05, 3.63) is 39.8 Å². The number of ether oxygens (including phenoxy) is 1. The van der Waals surface area contributed by atoms with Crippen LogP contribution in [0.4, 0.5) is 0 Å². The van der Waals surface area contributed by atoms with Crippen LogP contribution in [0.2, 0.25) is 0 Å². The molecule has 1 atom stereocenters. The van der Waals surface area contributed by atoms with Gasteiger partial charge in [-0.2, -0.15) is 5.10 Å². The molecule has 3 heterocycles. The normalized spacial score (nSPS) is 17.5. The molecule has 6 heteroatoms. The lowest BCUT2D eigenvalue weighted by molar-refractivity contribution is -0.132. The lowest BCUT2D eigenvalue weighted by Crippen LogP contribution is -2.40. The molecule has 0 saturated heterocycles. The highest BCUT2D eigenvalue weighted by atomic mass is 32.1. The summed E-state index contributed by atoms with van der Waals surface area (Å²) in [6.45, 7) is 4.62. The van der Waals surface area contributed by atoms with Crippen LogP contribution < -0.4 is 0 Å². The minimum Gasteiger partial charge on any atom is -0.381 e.